The number of nitrogens with two attached hydrogens (primary N) is 1. The third-order valence-corrected chi connectivity index (χ3v) is 2.99. The summed E-state index contributed by atoms with van der Waals surface area (Å²) in [6.45, 7) is 2.74. The van der Waals surface area contributed by atoms with Crippen molar-refractivity contribution in [3.8, 4) is 0 Å². The second-order valence-corrected chi connectivity index (χ2v) is 4.21. The summed E-state index contributed by atoms with van der Waals surface area (Å²) in [6.07, 6.45) is 3.11. The third kappa shape index (κ3) is 2.23. The lowest BCUT2D eigenvalue weighted by molar-refractivity contribution is 0.0486. The molecule has 0 saturated heterocycles. The van der Waals surface area contributed by atoms with E-state index in [4.69, 9.17) is 5.84 Å². The molecule has 16 heavy (non-hydrogen) atoms. The molecule has 1 saturated carbocycles. The summed E-state index contributed by atoms with van der Waals surface area (Å²) >= 11 is 0. The highest BCUT2D eigenvalue weighted by atomic mass is 16.3. The number of nitrogens with zero attached hydrogens (tertiary/aromatic N) is 2. The monoisotopic (exact) mass is 223 g/mol. The Labute approximate surface area is 94.3 Å². The van der Waals surface area contributed by atoms with Crippen molar-refractivity contribution in [3.63, 3.8) is 0 Å². The van der Waals surface area contributed by atoms with Gasteiger partial charge in [-0.3, -0.25) is 0 Å². The van der Waals surface area contributed by atoms with E-state index in [1.165, 1.54) is 6.33 Å². The molecule has 5 N–H and O–H groups in total. The van der Waals surface area contributed by atoms with Crippen molar-refractivity contribution in [2.24, 2.45) is 11.8 Å². The second-order valence-electron chi connectivity index (χ2n) is 4.21. The Morgan fingerprint density at radius 2 is 2.12 bits per heavy atom. The molecule has 1 heterocycles. The molecule has 1 aliphatic carbocycles. The van der Waals surface area contributed by atoms with Crippen LogP contribution in [0.25, 0.3) is 0 Å². The van der Waals surface area contributed by atoms with Gasteiger partial charge in [-0.1, -0.05) is 0 Å². The summed E-state index contributed by atoms with van der Waals surface area (Å²) in [5.41, 5.74) is 3.43. The summed E-state index contributed by atoms with van der Waals surface area (Å²) in [7, 11) is 0. The Hall–Kier alpha value is -1.40. The zero-order valence-corrected chi connectivity index (χ0v) is 9.27. The first-order valence-electron chi connectivity index (χ1n) is 5.41. The van der Waals surface area contributed by atoms with Crippen molar-refractivity contribution in [3.05, 3.63) is 11.9 Å². The largest absolute Gasteiger partial charge is 0.393 e. The molecule has 1 fully saturated rings. The third-order valence-electron chi connectivity index (χ3n) is 2.99. The van der Waals surface area contributed by atoms with E-state index in [-0.39, 0.29) is 6.10 Å². The molecule has 88 valence electrons. The van der Waals surface area contributed by atoms with Crippen LogP contribution in [0.2, 0.25) is 0 Å². The van der Waals surface area contributed by atoms with E-state index in [0.717, 1.165) is 30.8 Å². The number of rotatable bonds is 4. The fourth-order valence-corrected chi connectivity index (χ4v) is 1.88. The fraction of sp³-hybridized carbons (Fsp3) is 0.600. The molecule has 2 rings (SSSR count). The van der Waals surface area contributed by atoms with Gasteiger partial charge >= 0.3 is 0 Å². The number of aromatic nitrogens is 2. The summed E-state index contributed by atoms with van der Waals surface area (Å²) in [5.74, 6) is 7.30. The first-order valence-corrected chi connectivity index (χ1v) is 5.41. The molecule has 0 spiro atoms. The van der Waals surface area contributed by atoms with Gasteiger partial charge in [-0.2, -0.15) is 0 Å². The van der Waals surface area contributed by atoms with Gasteiger partial charge in [0.05, 0.1) is 6.10 Å². The van der Waals surface area contributed by atoms with E-state index in [1.807, 2.05) is 6.92 Å². The zero-order chi connectivity index (χ0) is 11.5. The van der Waals surface area contributed by atoms with Crippen LogP contribution in [0.1, 0.15) is 18.4 Å². The fourth-order valence-electron chi connectivity index (χ4n) is 1.88. The standard InChI is InChI=1S/C10H17N5O/c1-6-9(13-5-14-10(6)15-11)12-4-7-2-8(16)3-7/h5,7-8,16H,2-4,11H2,1H3,(H2,12,13,14,15). The van der Waals surface area contributed by atoms with Crippen molar-refractivity contribution in [1.29, 1.82) is 0 Å². The number of nitrogen functional groups attached to an aromatic ring is 1. The number of hydrogen-bond donors (Lipinski definition) is 4. The molecule has 6 nitrogen and oxygen atoms in total. The molecule has 0 unspecified atom stereocenters. The number of aliphatic hydroxyl groups excluding tert-OH is 1. The van der Waals surface area contributed by atoms with Crippen molar-refractivity contribution in [2.75, 3.05) is 17.3 Å². The average molecular weight is 223 g/mol. The van der Waals surface area contributed by atoms with Crippen LogP contribution in [0.3, 0.4) is 0 Å². The molecule has 0 aliphatic heterocycles. The lowest BCUT2D eigenvalue weighted by atomic mass is 9.82. The Morgan fingerprint density at radius 3 is 2.75 bits per heavy atom. The molecule has 6 heteroatoms. The van der Waals surface area contributed by atoms with Gasteiger partial charge in [-0.05, 0) is 25.7 Å². The molecule has 1 aromatic heterocycles. The highest BCUT2D eigenvalue weighted by Gasteiger charge is 2.26. The molecule has 0 atom stereocenters. The van der Waals surface area contributed by atoms with E-state index in [0.29, 0.717) is 11.7 Å². The van der Waals surface area contributed by atoms with Gasteiger partial charge in [0, 0.05) is 12.1 Å². The van der Waals surface area contributed by atoms with Gasteiger partial charge < -0.3 is 15.8 Å². The quantitative estimate of drug-likeness (QED) is 0.432. The van der Waals surface area contributed by atoms with Crippen LogP contribution < -0.4 is 16.6 Å². The van der Waals surface area contributed by atoms with Crippen LogP contribution in [0.15, 0.2) is 6.33 Å². The lowest BCUT2D eigenvalue weighted by Gasteiger charge is -2.31. The van der Waals surface area contributed by atoms with Crippen LogP contribution in [-0.4, -0.2) is 27.7 Å². The summed E-state index contributed by atoms with van der Waals surface area (Å²) in [4.78, 5) is 8.16. The zero-order valence-electron chi connectivity index (χ0n) is 9.27. The van der Waals surface area contributed by atoms with Crippen LogP contribution in [0, 0.1) is 12.8 Å². The number of nitrogens with one attached hydrogen (secondary N) is 2. The number of hydrogen-bond acceptors (Lipinski definition) is 6. The van der Waals surface area contributed by atoms with Crippen molar-refractivity contribution in [2.45, 2.75) is 25.9 Å². The molecule has 0 amide bonds. The summed E-state index contributed by atoms with van der Waals surface area (Å²) in [6, 6.07) is 0. The minimum Gasteiger partial charge on any atom is -0.393 e. The summed E-state index contributed by atoms with van der Waals surface area (Å²) in [5, 5.41) is 12.4. The van der Waals surface area contributed by atoms with Crippen molar-refractivity contribution in [1.82, 2.24) is 9.97 Å². The molecular weight excluding hydrogens is 206 g/mol. The summed E-state index contributed by atoms with van der Waals surface area (Å²) < 4.78 is 0. The molecule has 0 aromatic carbocycles. The van der Waals surface area contributed by atoms with Crippen molar-refractivity contribution >= 4 is 11.6 Å². The maximum absolute atomic E-state index is 9.17. The second kappa shape index (κ2) is 4.63. The predicted molar refractivity (Wildman–Crippen MR) is 61.8 cm³/mol. The topological polar surface area (TPSA) is 96.1 Å². The Balaban J connectivity index is 1.93. The maximum atomic E-state index is 9.17. The van der Waals surface area contributed by atoms with Gasteiger partial charge in [0.2, 0.25) is 0 Å². The smallest absolute Gasteiger partial charge is 0.148 e. The first kappa shape index (κ1) is 11.1. The van der Waals surface area contributed by atoms with Gasteiger partial charge in [0.15, 0.2) is 0 Å². The predicted octanol–water partition coefficient (Wildman–Crippen LogP) is 0.253. The normalized spacial score (nSPS) is 23.7. The Kier molecular flexibility index (Phi) is 3.21. The van der Waals surface area contributed by atoms with E-state index in [9.17, 15) is 5.11 Å². The highest BCUT2D eigenvalue weighted by molar-refractivity contribution is 5.55. The van der Waals surface area contributed by atoms with E-state index in [2.05, 4.69) is 20.7 Å². The van der Waals surface area contributed by atoms with Gasteiger partial charge in [-0.15, -0.1) is 0 Å². The number of aliphatic hydroxyl groups is 1. The van der Waals surface area contributed by atoms with E-state index in [1.54, 1.807) is 0 Å². The molecule has 1 aliphatic rings. The molecule has 0 bridgehead atoms. The number of anilines is 2. The van der Waals surface area contributed by atoms with Crippen LogP contribution in [0.5, 0.6) is 0 Å². The molecule has 1 aromatic rings. The van der Waals surface area contributed by atoms with E-state index >= 15 is 0 Å². The SMILES string of the molecule is Cc1c(NN)ncnc1NCC1CC(O)C1. The van der Waals surface area contributed by atoms with Gasteiger partial charge in [-0.25, -0.2) is 15.8 Å². The van der Waals surface area contributed by atoms with Gasteiger partial charge in [0.25, 0.3) is 0 Å². The minimum absolute atomic E-state index is 0.112. The lowest BCUT2D eigenvalue weighted by Crippen LogP contribution is -2.33. The van der Waals surface area contributed by atoms with E-state index < -0.39 is 0 Å². The highest BCUT2D eigenvalue weighted by Crippen LogP contribution is 2.27. The van der Waals surface area contributed by atoms with Crippen LogP contribution >= 0.6 is 0 Å². The average Bonchev–Trinajstić information content (AvgIpc) is 2.24. The van der Waals surface area contributed by atoms with Crippen molar-refractivity contribution < 1.29 is 5.11 Å². The van der Waals surface area contributed by atoms with Crippen LogP contribution in [-0.2, 0) is 0 Å². The Bertz CT molecular complexity index is 364. The molecule has 0 radical (unpaired) electrons. The van der Waals surface area contributed by atoms with Gasteiger partial charge in [0.1, 0.15) is 18.0 Å². The number of hydrazine groups is 1. The van der Waals surface area contributed by atoms with Crippen LogP contribution in [0.4, 0.5) is 11.6 Å². The molecular formula is C10H17N5O. The Morgan fingerprint density at radius 1 is 1.44 bits per heavy atom. The minimum atomic E-state index is -0.112. The first-order chi connectivity index (χ1) is 7.70. The maximum Gasteiger partial charge on any atom is 0.148 e.